The number of rotatable bonds is 1. The molecule has 0 aromatic rings. The predicted octanol–water partition coefficient (Wildman–Crippen LogP) is 1.09. The van der Waals surface area contributed by atoms with E-state index in [1.165, 1.54) is 0 Å². The molecule has 0 aromatic heterocycles. The number of carbonyl (C=O) groups excluding carboxylic acids is 1. The summed E-state index contributed by atoms with van der Waals surface area (Å²) in [5.74, 6) is 1.47. The van der Waals surface area contributed by atoms with Gasteiger partial charge in [0.1, 0.15) is 5.60 Å². The Kier molecular flexibility index (Phi) is 2.41. The second-order valence-electron chi connectivity index (χ2n) is 5.56. The highest BCUT2D eigenvalue weighted by Crippen LogP contribution is 2.51. The molecule has 86 valence electrons. The van der Waals surface area contributed by atoms with E-state index in [9.17, 15) is 4.79 Å². The second-order valence-corrected chi connectivity index (χ2v) is 5.56. The van der Waals surface area contributed by atoms with Crippen molar-refractivity contribution in [1.82, 2.24) is 4.90 Å². The molecule has 1 saturated heterocycles. The fourth-order valence-electron chi connectivity index (χ4n) is 2.40. The Balaban J connectivity index is 1.82. The molecule has 1 unspecified atom stereocenters. The smallest absolute Gasteiger partial charge is 0.410 e. The molecule has 1 amide bonds. The summed E-state index contributed by atoms with van der Waals surface area (Å²) in [5, 5.41) is 8.99. The van der Waals surface area contributed by atoms with E-state index in [1.807, 2.05) is 20.8 Å². The fourth-order valence-corrected chi connectivity index (χ4v) is 2.40. The predicted molar refractivity (Wildman–Crippen MR) is 55.4 cm³/mol. The van der Waals surface area contributed by atoms with Gasteiger partial charge in [-0.1, -0.05) is 0 Å². The van der Waals surface area contributed by atoms with Crippen LogP contribution in [0.5, 0.6) is 0 Å². The topological polar surface area (TPSA) is 49.8 Å². The molecule has 0 bridgehead atoms. The molecule has 1 saturated carbocycles. The van der Waals surface area contributed by atoms with Crippen LogP contribution in [0.4, 0.5) is 4.79 Å². The molecule has 0 aromatic carbocycles. The third kappa shape index (κ3) is 2.09. The molecule has 4 nitrogen and oxygen atoms in total. The number of aliphatic hydroxyl groups excluding tert-OH is 1. The zero-order valence-electron chi connectivity index (χ0n) is 9.56. The van der Waals surface area contributed by atoms with Crippen LogP contribution < -0.4 is 0 Å². The highest BCUT2D eigenvalue weighted by atomic mass is 16.6. The molecule has 2 fully saturated rings. The van der Waals surface area contributed by atoms with Crippen LogP contribution in [0.1, 0.15) is 20.8 Å². The normalized spacial score (nSPS) is 33.9. The van der Waals surface area contributed by atoms with E-state index in [4.69, 9.17) is 9.84 Å². The third-order valence-corrected chi connectivity index (χ3v) is 3.23. The number of amides is 1. The van der Waals surface area contributed by atoms with E-state index < -0.39 is 5.60 Å². The van der Waals surface area contributed by atoms with Crippen molar-refractivity contribution in [2.75, 3.05) is 19.7 Å². The van der Waals surface area contributed by atoms with Crippen molar-refractivity contribution in [2.45, 2.75) is 26.4 Å². The quantitative estimate of drug-likeness (QED) is 0.709. The summed E-state index contributed by atoms with van der Waals surface area (Å²) in [6.45, 7) is 7.39. The number of fused-ring (bicyclic) bond motifs is 1. The minimum atomic E-state index is -0.416. The van der Waals surface area contributed by atoms with Crippen LogP contribution in [0, 0.1) is 17.8 Å². The lowest BCUT2D eigenvalue weighted by molar-refractivity contribution is 0.0259. The average molecular weight is 213 g/mol. The molecule has 2 aliphatic rings. The zero-order chi connectivity index (χ0) is 11.2. The average Bonchev–Trinajstić information content (AvgIpc) is 2.54. The monoisotopic (exact) mass is 213 g/mol. The van der Waals surface area contributed by atoms with E-state index >= 15 is 0 Å². The van der Waals surface area contributed by atoms with E-state index in [0.717, 1.165) is 13.1 Å². The maximum Gasteiger partial charge on any atom is 0.410 e. The summed E-state index contributed by atoms with van der Waals surface area (Å²) >= 11 is 0. The first-order chi connectivity index (χ1) is 6.92. The van der Waals surface area contributed by atoms with Crippen molar-refractivity contribution in [3.8, 4) is 0 Å². The summed E-state index contributed by atoms with van der Waals surface area (Å²) in [5.41, 5.74) is -0.416. The van der Waals surface area contributed by atoms with E-state index in [-0.39, 0.29) is 12.7 Å². The molecular formula is C11H19NO3. The maximum atomic E-state index is 11.7. The molecule has 0 radical (unpaired) electrons. The van der Waals surface area contributed by atoms with Gasteiger partial charge in [-0.05, 0) is 38.5 Å². The molecule has 1 aliphatic carbocycles. The summed E-state index contributed by atoms with van der Waals surface area (Å²) in [6.07, 6.45) is -0.216. The van der Waals surface area contributed by atoms with Crippen LogP contribution >= 0.6 is 0 Å². The number of hydrogen-bond acceptors (Lipinski definition) is 3. The highest BCUT2D eigenvalue weighted by molar-refractivity contribution is 5.68. The summed E-state index contributed by atoms with van der Waals surface area (Å²) < 4.78 is 5.28. The van der Waals surface area contributed by atoms with Crippen molar-refractivity contribution >= 4 is 6.09 Å². The lowest BCUT2D eigenvalue weighted by atomic mass is 10.2. The van der Waals surface area contributed by atoms with Gasteiger partial charge in [-0.25, -0.2) is 4.79 Å². The van der Waals surface area contributed by atoms with Crippen LogP contribution in [0.3, 0.4) is 0 Å². The second kappa shape index (κ2) is 3.37. The van der Waals surface area contributed by atoms with Gasteiger partial charge in [0.25, 0.3) is 0 Å². The van der Waals surface area contributed by atoms with E-state index in [0.29, 0.717) is 17.8 Å². The van der Waals surface area contributed by atoms with Crippen molar-refractivity contribution < 1.29 is 14.6 Å². The SMILES string of the molecule is CC(C)(C)OC(=O)N1CC2[C@H](CO)[C@H]2C1. The van der Waals surface area contributed by atoms with Gasteiger partial charge in [-0.3, -0.25) is 0 Å². The molecule has 1 N–H and O–H groups in total. The molecule has 15 heavy (non-hydrogen) atoms. The number of likely N-dealkylation sites (tertiary alicyclic amines) is 1. The summed E-state index contributed by atoms with van der Waals surface area (Å²) in [4.78, 5) is 13.4. The lowest BCUT2D eigenvalue weighted by Crippen LogP contribution is -2.37. The maximum absolute atomic E-state index is 11.7. The summed E-state index contributed by atoms with van der Waals surface area (Å²) in [6, 6.07) is 0. The van der Waals surface area contributed by atoms with E-state index in [2.05, 4.69) is 0 Å². The number of piperidine rings is 1. The van der Waals surface area contributed by atoms with Gasteiger partial charge in [0, 0.05) is 19.7 Å². The Labute approximate surface area is 90.2 Å². The Morgan fingerprint density at radius 1 is 1.40 bits per heavy atom. The minimum Gasteiger partial charge on any atom is -0.444 e. The number of carbonyl (C=O) groups is 1. The number of aliphatic hydroxyl groups is 1. The fraction of sp³-hybridized carbons (Fsp3) is 0.909. The van der Waals surface area contributed by atoms with Gasteiger partial charge in [0.05, 0.1) is 0 Å². The van der Waals surface area contributed by atoms with Crippen molar-refractivity contribution in [3.05, 3.63) is 0 Å². The Hall–Kier alpha value is -0.770. The minimum absolute atomic E-state index is 0.216. The van der Waals surface area contributed by atoms with E-state index in [1.54, 1.807) is 4.90 Å². The Morgan fingerprint density at radius 2 is 1.93 bits per heavy atom. The number of nitrogens with zero attached hydrogens (tertiary/aromatic N) is 1. The first-order valence-corrected chi connectivity index (χ1v) is 5.51. The van der Waals surface area contributed by atoms with Crippen LogP contribution in [-0.4, -0.2) is 41.4 Å². The molecule has 2 rings (SSSR count). The molecule has 4 heteroatoms. The Bertz CT molecular complexity index is 259. The molecule has 1 aliphatic heterocycles. The number of hydrogen-bond donors (Lipinski definition) is 1. The summed E-state index contributed by atoms with van der Waals surface area (Å²) in [7, 11) is 0. The van der Waals surface area contributed by atoms with Crippen molar-refractivity contribution in [1.29, 1.82) is 0 Å². The molecule has 0 spiro atoms. The third-order valence-electron chi connectivity index (χ3n) is 3.23. The van der Waals surface area contributed by atoms with Crippen LogP contribution in [-0.2, 0) is 4.74 Å². The first-order valence-electron chi connectivity index (χ1n) is 5.51. The van der Waals surface area contributed by atoms with Gasteiger partial charge in [0.15, 0.2) is 0 Å². The van der Waals surface area contributed by atoms with Crippen LogP contribution in [0.2, 0.25) is 0 Å². The lowest BCUT2D eigenvalue weighted by Gasteiger charge is -2.25. The van der Waals surface area contributed by atoms with Crippen molar-refractivity contribution in [3.63, 3.8) is 0 Å². The highest BCUT2D eigenvalue weighted by Gasteiger charge is 2.56. The molecule has 3 atom stereocenters. The largest absolute Gasteiger partial charge is 0.444 e. The number of ether oxygens (including phenoxy) is 1. The standard InChI is InChI=1S/C11H19NO3/c1-11(2,3)15-10(14)12-4-7-8(5-12)9(7)6-13/h7-9,13H,4-6H2,1-3H3/t7-,8?,9+/m0/s1. The first kappa shape index (κ1) is 10.7. The van der Waals surface area contributed by atoms with Crippen molar-refractivity contribution in [2.24, 2.45) is 17.8 Å². The van der Waals surface area contributed by atoms with Gasteiger partial charge in [-0.15, -0.1) is 0 Å². The molecular weight excluding hydrogens is 194 g/mol. The van der Waals surface area contributed by atoms with Gasteiger partial charge in [0.2, 0.25) is 0 Å². The van der Waals surface area contributed by atoms with Crippen LogP contribution in [0.15, 0.2) is 0 Å². The van der Waals surface area contributed by atoms with Gasteiger partial charge >= 0.3 is 6.09 Å². The van der Waals surface area contributed by atoms with Crippen LogP contribution in [0.25, 0.3) is 0 Å². The molecule has 1 heterocycles. The van der Waals surface area contributed by atoms with Gasteiger partial charge < -0.3 is 14.7 Å². The Morgan fingerprint density at radius 3 is 2.33 bits per heavy atom. The van der Waals surface area contributed by atoms with Gasteiger partial charge in [-0.2, -0.15) is 0 Å². The zero-order valence-corrected chi connectivity index (χ0v) is 9.56.